The summed E-state index contributed by atoms with van der Waals surface area (Å²) >= 11 is 7.23. The molecule has 6 heteroatoms. The number of hydrogen-bond acceptors (Lipinski definition) is 4. The molecule has 1 fully saturated rings. The molecule has 1 saturated heterocycles. The van der Waals surface area contributed by atoms with Crippen molar-refractivity contribution in [1.29, 1.82) is 0 Å². The van der Waals surface area contributed by atoms with E-state index in [9.17, 15) is 4.79 Å². The van der Waals surface area contributed by atoms with Gasteiger partial charge in [-0.2, -0.15) is 0 Å². The van der Waals surface area contributed by atoms with Gasteiger partial charge in [-0.05, 0) is 72.3 Å². The summed E-state index contributed by atoms with van der Waals surface area (Å²) in [6, 6.07) is 23.0. The van der Waals surface area contributed by atoms with E-state index in [1.807, 2.05) is 85.8 Å². The van der Waals surface area contributed by atoms with Crippen LogP contribution in [0.5, 0.6) is 5.75 Å². The number of carbonyl (C=O) groups excluding carboxylic acids is 1. The third-order valence-electron chi connectivity index (χ3n) is 4.41. The van der Waals surface area contributed by atoms with E-state index in [-0.39, 0.29) is 5.91 Å². The van der Waals surface area contributed by atoms with Gasteiger partial charge in [-0.15, -0.1) is 0 Å². The lowest BCUT2D eigenvalue weighted by Crippen LogP contribution is -2.19. The molecule has 0 aromatic heterocycles. The van der Waals surface area contributed by atoms with E-state index in [2.05, 4.69) is 10.3 Å². The number of ether oxygens (including phenoxy) is 1. The lowest BCUT2D eigenvalue weighted by molar-refractivity contribution is -0.115. The highest BCUT2D eigenvalue weighted by molar-refractivity contribution is 8.18. The number of benzene rings is 3. The minimum absolute atomic E-state index is 0.145. The van der Waals surface area contributed by atoms with Crippen LogP contribution < -0.4 is 10.1 Å². The highest BCUT2D eigenvalue weighted by Crippen LogP contribution is 2.28. The number of aliphatic imine (C=N–C) groups is 1. The molecule has 1 amide bonds. The lowest BCUT2D eigenvalue weighted by Gasteiger charge is -2.06. The molecule has 0 radical (unpaired) electrons. The van der Waals surface area contributed by atoms with Gasteiger partial charge in [-0.25, -0.2) is 4.99 Å². The zero-order valence-corrected chi connectivity index (χ0v) is 17.8. The molecule has 4 nitrogen and oxygen atoms in total. The van der Waals surface area contributed by atoms with Crippen LogP contribution in [0, 0.1) is 6.92 Å². The van der Waals surface area contributed by atoms with Crippen molar-refractivity contribution in [1.82, 2.24) is 5.32 Å². The molecule has 0 bridgehead atoms. The van der Waals surface area contributed by atoms with Crippen LogP contribution in [0.1, 0.15) is 16.7 Å². The van der Waals surface area contributed by atoms with E-state index in [0.717, 1.165) is 22.6 Å². The van der Waals surface area contributed by atoms with Crippen molar-refractivity contribution in [3.05, 3.63) is 99.4 Å². The Hall–Kier alpha value is -3.02. The first-order valence-corrected chi connectivity index (χ1v) is 10.6. The number of thioether (sulfide) groups is 1. The van der Waals surface area contributed by atoms with Crippen LogP contribution in [0.2, 0.25) is 5.02 Å². The van der Waals surface area contributed by atoms with Gasteiger partial charge in [-0.3, -0.25) is 4.79 Å². The summed E-state index contributed by atoms with van der Waals surface area (Å²) in [5, 5.41) is 4.10. The fraction of sp³-hybridized carbons (Fsp3) is 0.0833. The van der Waals surface area contributed by atoms with Crippen LogP contribution in [0.25, 0.3) is 6.08 Å². The van der Waals surface area contributed by atoms with E-state index < -0.39 is 0 Å². The van der Waals surface area contributed by atoms with Gasteiger partial charge in [0.05, 0.1) is 10.6 Å². The van der Waals surface area contributed by atoms with Gasteiger partial charge in [0.1, 0.15) is 12.4 Å². The second-order valence-corrected chi connectivity index (χ2v) is 8.27. The minimum atomic E-state index is -0.145. The minimum Gasteiger partial charge on any atom is -0.489 e. The van der Waals surface area contributed by atoms with Crippen molar-refractivity contribution in [2.24, 2.45) is 4.99 Å². The smallest absolute Gasteiger partial charge is 0.264 e. The van der Waals surface area contributed by atoms with E-state index in [4.69, 9.17) is 16.3 Å². The van der Waals surface area contributed by atoms with E-state index in [0.29, 0.717) is 21.7 Å². The van der Waals surface area contributed by atoms with Crippen LogP contribution >= 0.6 is 23.4 Å². The summed E-state index contributed by atoms with van der Waals surface area (Å²) < 4.78 is 5.80. The Morgan fingerprint density at radius 2 is 1.70 bits per heavy atom. The van der Waals surface area contributed by atoms with E-state index >= 15 is 0 Å². The van der Waals surface area contributed by atoms with Crippen LogP contribution in [-0.4, -0.2) is 11.1 Å². The van der Waals surface area contributed by atoms with Crippen molar-refractivity contribution in [2.75, 3.05) is 0 Å². The maximum atomic E-state index is 12.3. The Labute approximate surface area is 184 Å². The number of hydrogen-bond donors (Lipinski definition) is 1. The number of amides is 1. The fourth-order valence-electron chi connectivity index (χ4n) is 2.78. The standard InChI is InChI=1S/C24H19ClN2O2S/c1-16-2-10-20(11-3-16)26-24-27-23(28)22(30-24)14-17-6-12-21(13-7-17)29-15-18-4-8-19(25)9-5-18/h2-14H,15H2,1H3,(H,26,27,28). The zero-order chi connectivity index (χ0) is 20.9. The van der Waals surface area contributed by atoms with Crippen LogP contribution in [0.3, 0.4) is 0 Å². The van der Waals surface area contributed by atoms with Gasteiger partial charge >= 0.3 is 0 Å². The molecule has 0 aliphatic carbocycles. The molecule has 0 unspecified atom stereocenters. The maximum absolute atomic E-state index is 12.3. The van der Waals surface area contributed by atoms with Crippen molar-refractivity contribution in [3.8, 4) is 5.75 Å². The third kappa shape index (κ3) is 5.32. The highest BCUT2D eigenvalue weighted by Gasteiger charge is 2.23. The van der Waals surface area contributed by atoms with Gasteiger partial charge in [0.2, 0.25) is 0 Å². The van der Waals surface area contributed by atoms with Gasteiger partial charge in [0.25, 0.3) is 5.91 Å². The van der Waals surface area contributed by atoms with Crippen LogP contribution in [0.15, 0.2) is 82.7 Å². The number of nitrogens with zero attached hydrogens (tertiary/aromatic N) is 1. The molecule has 1 N–H and O–H groups in total. The number of halogens is 1. The number of amidine groups is 1. The van der Waals surface area contributed by atoms with Gasteiger partial charge in [0, 0.05) is 5.02 Å². The molecule has 1 heterocycles. The lowest BCUT2D eigenvalue weighted by atomic mass is 10.2. The Morgan fingerprint density at radius 3 is 2.40 bits per heavy atom. The first kappa shape index (κ1) is 20.3. The monoisotopic (exact) mass is 434 g/mol. The number of rotatable bonds is 5. The second kappa shape index (κ2) is 9.20. The van der Waals surface area contributed by atoms with Crippen molar-refractivity contribution in [2.45, 2.75) is 13.5 Å². The van der Waals surface area contributed by atoms with E-state index in [1.54, 1.807) is 0 Å². The molecular weight excluding hydrogens is 416 g/mol. The summed E-state index contributed by atoms with van der Waals surface area (Å²) in [4.78, 5) is 17.4. The number of aryl methyl sites for hydroxylation is 1. The Kier molecular flexibility index (Phi) is 6.21. The highest BCUT2D eigenvalue weighted by atomic mass is 35.5. The zero-order valence-electron chi connectivity index (χ0n) is 16.3. The maximum Gasteiger partial charge on any atom is 0.264 e. The van der Waals surface area contributed by atoms with E-state index in [1.165, 1.54) is 17.3 Å². The molecule has 3 aromatic rings. The average molecular weight is 435 g/mol. The summed E-state index contributed by atoms with van der Waals surface area (Å²) in [7, 11) is 0. The number of nitrogens with one attached hydrogen (secondary N) is 1. The SMILES string of the molecule is Cc1ccc(N=C2NC(=O)C(=Cc3ccc(OCc4ccc(Cl)cc4)cc3)S2)cc1. The van der Waals surface area contributed by atoms with Crippen molar-refractivity contribution >= 4 is 46.2 Å². The van der Waals surface area contributed by atoms with Crippen LogP contribution in [-0.2, 0) is 11.4 Å². The van der Waals surface area contributed by atoms with Crippen LogP contribution in [0.4, 0.5) is 5.69 Å². The molecule has 0 saturated carbocycles. The largest absolute Gasteiger partial charge is 0.489 e. The van der Waals surface area contributed by atoms with Gasteiger partial charge in [0.15, 0.2) is 5.17 Å². The van der Waals surface area contributed by atoms with Gasteiger partial charge in [-0.1, -0.05) is 53.6 Å². The first-order valence-electron chi connectivity index (χ1n) is 9.39. The Morgan fingerprint density at radius 1 is 1.00 bits per heavy atom. The molecule has 30 heavy (non-hydrogen) atoms. The molecule has 0 spiro atoms. The Balaban J connectivity index is 1.39. The molecule has 1 aliphatic rings. The molecule has 150 valence electrons. The average Bonchev–Trinajstić information content (AvgIpc) is 3.09. The van der Waals surface area contributed by atoms with Crippen molar-refractivity contribution in [3.63, 3.8) is 0 Å². The molecular formula is C24H19ClN2O2S. The summed E-state index contributed by atoms with van der Waals surface area (Å²) in [5.41, 5.74) is 3.95. The Bertz CT molecular complexity index is 1110. The second-order valence-electron chi connectivity index (χ2n) is 6.80. The summed E-state index contributed by atoms with van der Waals surface area (Å²) in [6.07, 6.45) is 1.85. The summed E-state index contributed by atoms with van der Waals surface area (Å²) in [5.74, 6) is 0.617. The quantitative estimate of drug-likeness (QED) is 0.492. The molecule has 4 rings (SSSR count). The molecule has 1 aliphatic heterocycles. The predicted molar refractivity (Wildman–Crippen MR) is 124 cm³/mol. The van der Waals surface area contributed by atoms with Gasteiger partial charge < -0.3 is 10.1 Å². The molecule has 0 atom stereocenters. The topological polar surface area (TPSA) is 50.7 Å². The third-order valence-corrected chi connectivity index (χ3v) is 5.57. The predicted octanol–water partition coefficient (Wildman–Crippen LogP) is 6.12. The normalized spacial score (nSPS) is 16.1. The first-order chi connectivity index (χ1) is 14.5. The van der Waals surface area contributed by atoms with Crippen molar-refractivity contribution < 1.29 is 9.53 Å². The summed E-state index contributed by atoms with van der Waals surface area (Å²) in [6.45, 7) is 2.49. The molecule has 3 aromatic carbocycles. The fourth-order valence-corrected chi connectivity index (χ4v) is 3.74. The number of carbonyl (C=O) groups is 1.